The van der Waals surface area contributed by atoms with E-state index >= 15 is 0 Å². The predicted molar refractivity (Wildman–Crippen MR) is 103 cm³/mol. The van der Waals surface area contributed by atoms with Crippen LogP contribution in [0.4, 0.5) is 0 Å². The van der Waals surface area contributed by atoms with Crippen molar-refractivity contribution in [2.45, 2.75) is 25.3 Å². The molecule has 1 atom stereocenters. The highest BCUT2D eigenvalue weighted by atomic mass is 16.3. The maximum atomic E-state index is 13.0. The van der Waals surface area contributed by atoms with Gasteiger partial charge in [-0.25, -0.2) is 0 Å². The summed E-state index contributed by atoms with van der Waals surface area (Å²) in [5.74, 6) is -2.17. The molecule has 3 aliphatic rings. The van der Waals surface area contributed by atoms with E-state index in [9.17, 15) is 24.6 Å². The lowest BCUT2D eigenvalue weighted by Gasteiger charge is -2.21. The van der Waals surface area contributed by atoms with Crippen LogP contribution in [-0.4, -0.2) is 46.8 Å². The molecule has 1 heterocycles. The van der Waals surface area contributed by atoms with Gasteiger partial charge in [0.15, 0.2) is 11.6 Å². The molecule has 5 rings (SSSR count). The Labute approximate surface area is 166 Å². The number of hydrogen-bond acceptors (Lipinski definition) is 6. The lowest BCUT2D eigenvalue weighted by molar-refractivity contribution is -0.125. The fourth-order valence-corrected chi connectivity index (χ4v) is 4.70. The van der Waals surface area contributed by atoms with Crippen molar-refractivity contribution >= 4 is 17.5 Å². The molecule has 7 nitrogen and oxygen atoms in total. The highest BCUT2D eigenvalue weighted by Crippen LogP contribution is 2.47. The summed E-state index contributed by atoms with van der Waals surface area (Å²) in [7, 11) is 0. The van der Waals surface area contributed by atoms with E-state index in [1.807, 2.05) is 0 Å². The summed E-state index contributed by atoms with van der Waals surface area (Å²) in [5, 5.41) is 27.9. The number of nitrogens with one attached hydrogen (secondary N) is 2. The highest BCUT2D eigenvalue weighted by molar-refractivity contribution is 6.30. The summed E-state index contributed by atoms with van der Waals surface area (Å²) in [5.41, 5.74) is 0.858. The third-order valence-corrected chi connectivity index (χ3v) is 6.21. The molecular formula is C22H20N2O5. The first-order valence-electron chi connectivity index (χ1n) is 9.76. The minimum Gasteiger partial charge on any atom is -0.507 e. The Bertz CT molecular complexity index is 1020. The molecule has 2 aromatic carbocycles. The van der Waals surface area contributed by atoms with Crippen LogP contribution in [0.1, 0.15) is 49.4 Å². The molecule has 0 aromatic heterocycles. The molecule has 0 unspecified atom stereocenters. The van der Waals surface area contributed by atoms with Crippen molar-refractivity contribution in [1.29, 1.82) is 0 Å². The Morgan fingerprint density at radius 2 is 1.52 bits per heavy atom. The Morgan fingerprint density at radius 1 is 0.966 bits per heavy atom. The number of benzene rings is 2. The maximum Gasteiger partial charge on any atom is 0.224 e. The van der Waals surface area contributed by atoms with Gasteiger partial charge in [0.2, 0.25) is 5.91 Å². The van der Waals surface area contributed by atoms with Crippen molar-refractivity contribution in [1.82, 2.24) is 10.6 Å². The largest absolute Gasteiger partial charge is 0.507 e. The average molecular weight is 392 g/mol. The van der Waals surface area contributed by atoms with Crippen LogP contribution in [-0.2, 0) is 17.6 Å². The van der Waals surface area contributed by atoms with Crippen LogP contribution in [0.5, 0.6) is 11.5 Å². The number of carbonyl (C=O) groups excluding carboxylic acids is 3. The first-order valence-corrected chi connectivity index (χ1v) is 9.76. The summed E-state index contributed by atoms with van der Waals surface area (Å²) in [6.07, 6.45) is 1.30. The van der Waals surface area contributed by atoms with Crippen molar-refractivity contribution in [3.05, 3.63) is 57.6 Å². The molecule has 1 aliphatic heterocycles. The van der Waals surface area contributed by atoms with Gasteiger partial charge in [-0.1, -0.05) is 24.3 Å². The Morgan fingerprint density at radius 3 is 2.00 bits per heavy atom. The van der Waals surface area contributed by atoms with Crippen LogP contribution in [0.3, 0.4) is 0 Å². The van der Waals surface area contributed by atoms with Crippen LogP contribution >= 0.6 is 0 Å². The average Bonchev–Trinajstić information content (AvgIpc) is 3.39. The zero-order chi connectivity index (χ0) is 20.3. The standard InChI is InChI=1S/C22H20N2O5/c25-18-12-3-1-2-4-13(12)19(26)17-16(18)20(27)14-7-10(8-15(14)21(17)28)22(29)24-11-5-6-23-9-11/h1-4,10-11,23,27-28H,5-9H2,(H,24,29)/t11-/m1/s1. The number of carbonyl (C=O) groups is 3. The van der Waals surface area contributed by atoms with Crippen molar-refractivity contribution in [2.24, 2.45) is 5.92 Å². The van der Waals surface area contributed by atoms with Gasteiger partial charge in [0.25, 0.3) is 0 Å². The molecule has 0 saturated carbocycles. The second-order valence-electron chi connectivity index (χ2n) is 7.91. The molecule has 0 spiro atoms. The maximum absolute atomic E-state index is 13.0. The molecule has 0 radical (unpaired) electrons. The topological polar surface area (TPSA) is 116 Å². The van der Waals surface area contributed by atoms with Crippen molar-refractivity contribution in [3.8, 4) is 11.5 Å². The number of phenolic OH excluding ortho intramolecular Hbond substituents is 2. The summed E-state index contributed by atoms with van der Waals surface area (Å²) in [6.45, 7) is 1.58. The molecule has 29 heavy (non-hydrogen) atoms. The van der Waals surface area contributed by atoms with E-state index in [2.05, 4.69) is 10.6 Å². The van der Waals surface area contributed by atoms with Gasteiger partial charge in [-0.05, 0) is 25.8 Å². The number of aromatic hydroxyl groups is 2. The van der Waals surface area contributed by atoms with E-state index in [4.69, 9.17) is 0 Å². The second kappa shape index (κ2) is 6.42. The third-order valence-electron chi connectivity index (χ3n) is 6.21. The van der Waals surface area contributed by atoms with Gasteiger partial charge in [0.05, 0.1) is 11.1 Å². The van der Waals surface area contributed by atoms with E-state index in [0.29, 0.717) is 11.1 Å². The van der Waals surface area contributed by atoms with Gasteiger partial charge < -0.3 is 20.8 Å². The van der Waals surface area contributed by atoms with Crippen LogP contribution < -0.4 is 10.6 Å². The number of hydrogen-bond donors (Lipinski definition) is 4. The quantitative estimate of drug-likeness (QED) is 0.485. The third kappa shape index (κ3) is 2.57. The van der Waals surface area contributed by atoms with Crippen LogP contribution in [0.15, 0.2) is 24.3 Å². The van der Waals surface area contributed by atoms with E-state index in [0.717, 1.165) is 19.5 Å². The zero-order valence-electron chi connectivity index (χ0n) is 15.6. The lowest BCUT2D eigenvalue weighted by Crippen LogP contribution is -2.40. The van der Waals surface area contributed by atoms with E-state index in [1.54, 1.807) is 12.1 Å². The minimum atomic E-state index is -0.490. The van der Waals surface area contributed by atoms with E-state index in [-0.39, 0.29) is 58.5 Å². The molecular weight excluding hydrogens is 372 g/mol. The molecule has 4 N–H and O–H groups in total. The van der Waals surface area contributed by atoms with Crippen molar-refractivity contribution < 1.29 is 24.6 Å². The highest BCUT2D eigenvalue weighted by Gasteiger charge is 2.41. The Balaban J connectivity index is 1.54. The van der Waals surface area contributed by atoms with Gasteiger partial charge in [-0.15, -0.1) is 0 Å². The molecule has 148 valence electrons. The van der Waals surface area contributed by atoms with Gasteiger partial charge >= 0.3 is 0 Å². The fourth-order valence-electron chi connectivity index (χ4n) is 4.70. The summed E-state index contributed by atoms with van der Waals surface area (Å²) in [4.78, 5) is 38.6. The van der Waals surface area contributed by atoms with Crippen LogP contribution in [0.2, 0.25) is 0 Å². The normalized spacial score (nSPS) is 20.3. The summed E-state index contributed by atoms with van der Waals surface area (Å²) < 4.78 is 0. The predicted octanol–water partition coefficient (Wildman–Crippen LogP) is 1.07. The fraction of sp³-hybridized carbons (Fsp3) is 0.318. The minimum absolute atomic E-state index is 0.0688. The zero-order valence-corrected chi connectivity index (χ0v) is 15.6. The van der Waals surface area contributed by atoms with Gasteiger partial charge in [0.1, 0.15) is 11.5 Å². The molecule has 0 bridgehead atoms. The number of phenols is 2. The number of amides is 1. The molecule has 2 aliphatic carbocycles. The number of fused-ring (bicyclic) bond motifs is 3. The summed E-state index contributed by atoms with van der Waals surface area (Å²) >= 11 is 0. The van der Waals surface area contributed by atoms with Crippen LogP contribution in [0.25, 0.3) is 0 Å². The monoisotopic (exact) mass is 392 g/mol. The van der Waals surface area contributed by atoms with Gasteiger partial charge in [-0.2, -0.15) is 0 Å². The number of rotatable bonds is 2. The van der Waals surface area contributed by atoms with Gasteiger partial charge in [-0.3, -0.25) is 14.4 Å². The van der Waals surface area contributed by atoms with E-state index in [1.165, 1.54) is 12.1 Å². The second-order valence-corrected chi connectivity index (χ2v) is 7.91. The Hall–Kier alpha value is -3.19. The lowest BCUT2D eigenvalue weighted by atomic mass is 9.81. The van der Waals surface area contributed by atoms with Crippen LogP contribution in [0, 0.1) is 5.92 Å². The van der Waals surface area contributed by atoms with E-state index < -0.39 is 17.5 Å². The SMILES string of the molecule is O=C1c2ccccc2C(=O)c2c(O)c3c(c(O)c21)CC(C(=O)N[C@@H]1CCNC1)C3. The summed E-state index contributed by atoms with van der Waals surface area (Å²) in [6, 6.07) is 6.44. The molecule has 7 heteroatoms. The van der Waals surface area contributed by atoms with Crippen molar-refractivity contribution in [3.63, 3.8) is 0 Å². The van der Waals surface area contributed by atoms with Crippen molar-refractivity contribution in [2.75, 3.05) is 13.1 Å². The number of ketones is 2. The molecule has 1 amide bonds. The molecule has 1 fully saturated rings. The molecule has 1 saturated heterocycles. The molecule has 2 aromatic rings. The first-order chi connectivity index (χ1) is 14.0. The van der Waals surface area contributed by atoms with Gasteiger partial charge in [0, 0.05) is 40.8 Å². The smallest absolute Gasteiger partial charge is 0.224 e. The first kappa shape index (κ1) is 17.9. The Kier molecular flexibility index (Phi) is 3.96.